The Hall–Kier alpha value is -4.67. The van der Waals surface area contributed by atoms with Crippen molar-refractivity contribution >= 4 is 63.6 Å². The lowest BCUT2D eigenvalue weighted by molar-refractivity contribution is -0.114. The van der Waals surface area contributed by atoms with Gasteiger partial charge in [0.15, 0.2) is 0 Å². The van der Waals surface area contributed by atoms with Crippen LogP contribution in [0.1, 0.15) is 49.6 Å². The van der Waals surface area contributed by atoms with E-state index in [4.69, 9.17) is 4.74 Å². The number of hydrogen-bond donors (Lipinski definition) is 3. The van der Waals surface area contributed by atoms with E-state index in [9.17, 15) is 19.2 Å². The SMILES string of the molecule is COC(=O)c1c(NC(=O)CSc2cccc(NC(=O)/C(=C/c3ccccc3)NC(=O)c3ccccc3)c2)sc2c1CCCC2. The molecule has 0 saturated heterocycles. The van der Waals surface area contributed by atoms with E-state index in [1.54, 1.807) is 48.5 Å². The zero-order valence-corrected chi connectivity index (χ0v) is 25.7. The molecule has 3 N–H and O–H groups in total. The molecule has 0 radical (unpaired) electrons. The lowest BCUT2D eigenvalue weighted by Crippen LogP contribution is -2.30. The Morgan fingerprint density at radius 1 is 0.886 bits per heavy atom. The summed E-state index contributed by atoms with van der Waals surface area (Å²) in [5.41, 5.74) is 3.23. The number of thiophene rings is 1. The summed E-state index contributed by atoms with van der Waals surface area (Å²) >= 11 is 2.75. The maximum absolute atomic E-state index is 13.4. The van der Waals surface area contributed by atoms with E-state index < -0.39 is 17.8 Å². The number of carbonyl (C=O) groups is 4. The van der Waals surface area contributed by atoms with Crippen LogP contribution in [-0.2, 0) is 27.2 Å². The Morgan fingerprint density at radius 2 is 1.61 bits per heavy atom. The van der Waals surface area contributed by atoms with E-state index >= 15 is 0 Å². The monoisotopic (exact) mass is 625 g/mol. The summed E-state index contributed by atoms with van der Waals surface area (Å²) in [5.74, 6) is -1.47. The van der Waals surface area contributed by atoms with Gasteiger partial charge in [0.25, 0.3) is 11.8 Å². The van der Waals surface area contributed by atoms with Crippen LogP contribution in [0.2, 0.25) is 0 Å². The third-order valence-corrected chi connectivity index (χ3v) is 9.12. The van der Waals surface area contributed by atoms with E-state index in [-0.39, 0.29) is 17.4 Å². The summed E-state index contributed by atoms with van der Waals surface area (Å²) in [6.07, 6.45) is 5.38. The topological polar surface area (TPSA) is 114 Å². The molecule has 0 unspecified atom stereocenters. The second kappa shape index (κ2) is 14.7. The fourth-order valence-corrected chi connectivity index (χ4v) is 6.85. The maximum Gasteiger partial charge on any atom is 0.341 e. The van der Waals surface area contributed by atoms with Gasteiger partial charge >= 0.3 is 5.97 Å². The van der Waals surface area contributed by atoms with Gasteiger partial charge in [0, 0.05) is 21.0 Å². The number of carbonyl (C=O) groups excluding carboxylic acids is 4. The van der Waals surface area contributed by atoms with Gasteiger partial charge in [-0.25, -0.2) is 4.79 Å². The summed E-state index contributed by atoms with van der Waals surface area (Å²) in [4.78, 5) is 53.5. The van der Waals surface area contributed by atoms with Gasteiger partial charge in [-0.15, -0.1) is 23.1 Å². The Labute approximate surface area is 263 Å². The van der Waals surface area contributed by atoms with Gasteiger partial charge in [-0.2, -0.15) is 0 Å². The Bertz CT molecular complexity index is 1700. The molecule has 1 heterocycles. The largest absolute Gasteiger partial charge is 0.465 e. The van der Waals surface area contributed by atoms with Gasteiger partial charge in [0.1, 0.15) is 10.7 Å². The number of thioether (sulfide) groups is 1. The van der Waals surface area contributed by atoms with Crippen molar-refractivity contribution < 1.29 is 23.9 Å². The first kappa shape index (κ1) is 30.8. The number of fused-ring (bicyclic) bond motifs is 1. The molecule has 8 nitrogen and oxygen atoms in total. The molecule has 0 bridgehead atoms. The minimum Gasteiger partial charge on any atom is -0.465 e. The lowest BCUT2D eigenvalue weighted by Gasteiger charge is -2.12. The number of methoxy groups -OCH3 is 1. The molecule has 0 atom stereocenters. The Morgan fingerprint density at radius 3 is 2.36 bits per heavy atom. The molecule has 10 heteroatoms. The summed E-state index contributed by atoms with van der Waals surface area (Å²) in [7, 11) is 1.35. The highest BCUT2D eigenvalue weighted by atomic mass is 32.2. The molecule has 1 aromatic heterocycles. The van der Waals surface area contributed by atoms with Crippen LogP contribution >= 0.6 is 23.1 Å². The molecule has 44 heavy (non-hydrogen) atoms. The van der Waals surface area contributed by atoms with Crippen LogP contribution in [-0.4, -0.2) is 36.6 Å². The first-order valence-corrected chi connectivity index (χ1v) is 15.9. The van der Waals surface area contributed by atoms with Crippen molar-refractivity contribution in [1.82, 2.24) is 5.32 Å². The average Bonchev–Trinajstić information content (AvgIpc) is 3.41. The molecule has 3 aromatic carbocycles. The molecule has 0 spiro atoms. The number of esters is 1. The van der Waals surface area contributed by atoms with E-state index in [1.807, 2.05) is 42.5 Å². The number of benzene rings is 3. The predicted octanol–water partition coefficient (Wildman–Crippen LogP) is 6.55. The van der Waals surface area contributed by atoms with Gasteiger partial charge in [0.05, 0.1) is 18.4 Å². The van der Waals surface area contributed by atoms with Crippen LogP contribution in [0.15, 0.2) is 95.5 Å². The number of aryl methyl sites for hydroxylation is 1. The fourth-order valence-electron chi connectivity index (χ4n) is 4.80. The molecular weight excluding hydrogens is 595 g/mol. The van der Waals surface area contributed by atoms with Gasteiger partial charge in [-0.05, 0) is 73.2 Å². The highest BCUT2D eigenvalue weighted by Gasteiger charge is 2.27. The van der Waals surface area contributed by atoms with E-state index in [0.717, 1.165) is 46.6 Å². The van der Waals surface area contributed by atoms with Gasteiger partial charge in [-0.3, -0.25) is 14.4 Å². The number of nitrogens with one attached hydrogen (secondary N) is 3. The van der Waals surface area contributed by atoms with Crippen molar-refractivity contribution in [1.29, 1.82) is 0 Å². The van der Waals surface area contributed by atoms with Crippen molar-refractivity contribution in [2.45, 2.75) is 30.6 Å². The van der Waals surface area contributed by atoms with Crippen LogP contribution < -0.4 is 16.0 Å². The highest BCUT2D eigenvalue weighted by Crippen LogP contribution is 2.38. The normalized spacial score (nSPS) is 12.5. The highest BCUT2D eigenvalue weighted by molar-refractivity contribution is 8.00. The van der Waals surface area contributed by atoms with Crippen molar-refractivity contribution in [3.05, 3.63) is 118 Å². The number of amides is 3. The van der Waals surface area contributed by atoms with Crippen LogP contribution in [0.25, 0.3) is 6.08 Å². The molecule has 1 aliphatic rings. The minimum absolute atomic E-state index is 0.0857. The van der Waals surface area contributed by atoms with Gasteiger partial charge in [0.2, 0.25) is 5.91 Å². The Kier molecular flexibility index (Phi) is 10.3. The number of rotatable bonds is 10. The minimum atomic E-state index is -0.491. The summed E-state index contributed by atoms with van der Waals surface area (Å²) in [6.45, 7) is 0. The summed E-state index contributed by atoms with van der Waals surface area (Å²) in [6, 6.07) is 25.0. The molecule has 1 aliphatic carbocycles. The van der Waals surface area contributed by atoms with E-state index in [1.165, 1.54) is 30.2 Å². The Balaban J connectivity index is 1.25. The molecule has 0 saturated carbocycles. The predicted molar refractivity (Wildman–Crippen MR) is 175 cm³/mol. The number of ether oxygens (including phenoxy) is 1. The third kappa shape index (κ3) is 7.83. The zero-order valence-electron chi connectivity index (χ0n) is 24.1. The average molecular weight is 626 g/mol. The van der Waals surface area contributed by atoms with Crippen LogP contribution in [0.5, 0.6) is 0 Å². The number of hydrogen-bond acceptors (Lipinski definition) is 7. The van der Waals surface area contributed by atoms with Gasteiger partial charge in [-0.1, -0.05) is 54.6 Å². The molecule has 0 aliphatic heterocycles. The maximum atomic E-state index is 13.4. The quantitative estimate of drug-likeness (QED) is 0.105. The van der Waals surface area contributed by atoms with Gasteiger partial charge < -0.3 is 20.7 Å². The van der Waals surface area contributed by atoms with Crippen LogP contribution in [0, 0.1) is 0 Å². The number of anilines is 2. The molecule has 3 amide bonds. The second-order valence-electron chi connectivity index (χ2n) is 10.0. The van der Waals surface area contributed by atoms with Crippen LogP contribution in [0.4, 0.5) is 10.7 Å². The first-order chi connectivity index (χ1) is 21.4. The molecule has 224 valence electrons. The van der Waals surface area contributed by atoms with Crippen molar-refractivity contribution in [2.75, 3.05) is 23.5 Å². The van der Waals surface area contributed by atoms with Crippen molar-refractivity contribution in [2.24, 2.45) is 0 Å². The molecule has 0 fully saturated rings. The summed E-state index contributed by atoms with van der Waals surface area (Å²) in [5, 5.41) is 9.03. The van der Waals surface area contributed by atoms with Crippen molar-refractivity contribution in [3.63, 3.8) is 0 Å². The van der Waals surface area contributed by atoms with E-state index in [0.29, 0.717) is 21.8 Å². The first-order valence-electron chi connectivity index (χ1n) is 14.1. The van der Waals surface area contributed by atoms with Crippen molar-refractivity contribution in [3.8, 4) is 0 Å². The molecular formula is C34H31N3O5S2. The smallest absolute Gasteiger partial charge is 0.341 e. The molecule has 4 aromatic rings. The zero-order chi connectivity index (χ0) is 30.9. The van der Waals surface area contributed by atoms with E-state index in [2.05, 4.69) is 16.0 Å². The standard InChI is InChI=1S/C34H31N3O5S2/c1-42-34(41)30-26-17-8-9-18-28(26)44-33(30)37-29(38)21-43-25-16-10-15-24(20-25)35-32(40)27(19-22-11-4-2-5-12-22)36-31(39)23-13-6-3-7-14-23/h2-7,10-16,19-20H,8-9,17-18,21H2,1H3,(H,35,40)(H,36,39)(H,37,38)/b27-19-. The molecule has 5 rings (SSSR count). The second-order valence-corrected chi connectivity index (χ2v) is 12.2. The van der Waals surface area contributed by atoms with Crippen LogP contribution in [0.3, 0.4) is 0 Å². The third-order valence-electron chi connectivity index (χ3n) is 6.91. The fraction of sp³-hybridized carbons (Fsp3) is 0.176. The lowest BCUT2D eigenvalue weighted by atomic mass is 9.95. The summed E-state index contributed by atoms with van der Waals surface area (Å²) < 4.78 is 5.00.